The van der Waals surface area contributed by atoms with Crippen LogP contribution in [0.2, 0.25) is 0 Å². The first kappa shape index (κ1) is 11.1. The normalized spacial score (nSPS) is 10.4. The third kappa shape index (κ3) is 3.28. The average Bonchev–Trinajstić information content (AvgIpc) is 2.41. The molecule has 3 heteroatoms. The van der Waals surface area contributed by atoms with Crippen molar-refractivity contribution in [2.24, 2.45) is 0 Å². The maximum absolute atomic E-state index is 11.5. The lowest BCUT2D eigenvalue weighted by Crippen LogP contribution is -1.99. The van der Waals surface area contributed by atoms with Crippen LogP contribution in [0.15, 0.2) is 61.1 Å². The van der Waals surface area contributed by atoms with Gasteiger partial charge < -0.3 is 4.74 Å². The molecule has 2 rings (SSSR count). The van der Waals surface area contributed by atoms with Crippen LogP contribution in [0, 0.1) is 0 Å². The Morgan fingerprint density at radius 2 is 1.76 bits per heavy atom. The van der Waals surface area contributed by atoms with Gasteiger partial charge in [-0.2, -0.15) is 0 Å². The Morgan fingerprint density at radius 3 is 2.47 bits per heavy atom. The number of hydrogen-bond donors (Lipinski definition) is 0. The van der Waals surface area contributed by atoms with Crippen molar-refractivity contribution in [3.05, 3.63) is 72.2 Å². The number of carbonyl (C=O) groups excluding carboxylic acids is 1. The van der Waals surface area contributed by atoms with E-state index in [0.717, 1.165) is 5.56 Å². The number of nitrogens with zero attached hydrogens (tertiary/aromatic N) is 1. The first-order valence-corrected chi connectivity index (χ1v) is 5.19. The number of esters is 1. The standard InChI is InChI=1S/C14H11NO2/c16-14(13-6-9-15-10-7-13)17-11-8-12-4-2-1-3-5-12/h1-11H. The van der Waals surface area contributed by atoms with E-state index in [1.165, 1.54) is 6.26 Å². The predicted molar refractivity (Wildman–Crippen MR) is 65.1 cm³/mol. The van der Waals surface area contributed by atoms with Gasteiger partial charge in [-0.15, -0.1) is 0 Å². The van der Waals surface area contributed by atoms with Gasteiger partial charge in [0.15, 0.2) is 0 Å². The fourth-order valence-corrected chi connectivity index (χ4v) is 1.29. The molecule has 0 atom stereocenters. The molecule has 0 aliphatic rings. The summed E-state index contributed by atoms with van der Waals surface area (Å²) in [5.41, 5.74) is 1.47. The quantitative estimate of drug-likeness (QED) is 0.595. The van der Waals surface area contributed by atoms with Gasteiger partial charge in [0, 0.05) is 12.4 Å². The zero-order chi connectivity index (χ0) is 11.9. The molecule has 0 saturated heterocycles. The summed E-state index contributed by atoms with van der Waals surface area (Å²) in [4.78, 5) is 15.4. The fourth-order valence-electron chi connectivity index (χ4n) is 1.29. The van der Waals surface area contributed by atoms with E-state index in [-0.39, 0.29) is 5.97 Å². The molecule has 1 heterocycles. The van der Waals surface area contributed by atoms with E-state index in [4.69, 9.17) is 4.74 Å². The smallest absolute Gasteiger partial charge is 0.343 e. The Hall–Kier alpha value is -2.42. The van der Waals surface area contributed by atoms with Crippen LogP contribution in [0.3, 0.4) is 0 Å². The minimum Gasteiger partial charge on any atom is -0.431 e. The van der Waals surface area contributed by atoms with E-state index in [2.05, 4.69) is 4.98 Å². The SMILES string of the molecule is O=C(OC=Cc1ccccc1)c1ccncc1. The van der Waals surface area contributed by atoms with Crippen molar-refractivity contribution in [3.63, 3.8) is 0 Å². The molecule has 0 amide bonds. The fraction of sp³-hybridized carbons (Fsp3) is 0. The summed E-state index contributed by atoms with van der Waals surface area (Å²) in [7, 11) is 0. The van der Waals surface area contributed by atoms with Crippen molar-refractivity contribution in [1.29, 1.82) is 0 Å². The largest absolute Gasteiger partial charge is 0.431 e. The van der Waals surface area contributed by atoms with Crippen molar-refractivity contribution < 1.29 is 9.53 Å². The zero-order valence-corrected chi connectivity index (χ0v) is 9.11. The Morgan fingerprint density at radius 1 is 1.06 bits per heavy atom. The van der Waals surface area contributed by atoms with Gasteiger partial charge in [0.25, 0.3) is 0 Å². The van der Waals surface area contributed by atoms with Crippen LogP contribution in [0.1, 0.15) is 15.9 Å². The molecular formula is C14H11NO2. The second-order valence-electron chi connectivity index (χ2n) is 3.35. The van der Waals surface area contributed by atoms with Crippen LogP contribution >= 0.6 is 0 Å². The third-order valence-electron chi connectivity index (χ3n) is 2.15. The summed E-state index contributed by atoms with van der Waals surface area (Å²) >= 11 is 0. The van der Waals surface area contributed by atoms with Crippen LogP contribution in [-0.4, -0.2) is 11.0 Å². The summed E-state index contributed by atoms with van der Waals surface area (Å²) < 4.78 is 4.98. The molecule has 17 heavy (non-hydrogen) atoms. The highest BCUT2D eigenvalue weighted by molar-refractivity contribution is 5.89. The lowest BCUT2D eigenvalue weighted by molar-refractivity contribution is 0.0665. The molecule has 3 nitrogen and oxygen atoms in total. The Bertz CT molecular complexity index is 506. The van der Waals surface area contributed by atoms with E-state index in [9.17, 15) is 4.79 Å². The van der Waals surface area contributed by atoms with Crippen LogP contribution in [-0.2, 0) is 4.74 Å². The Kier molecular flexibility index (Phi) is 3.65. The number of rotatable bonds is 3. The number of benzene rings is 1. The van der Waals surface area contributed by atoms with Crippen LogP contribution in [0.4, 0.5) is 0 Å². The predicted octanol–water partition coefficient (Wildman–Crippen LogP) is 2.91. The lowest BCUT2D eigenvalue weighted by atomic mass is 10.2. The highest BCUT2D eigenvalue weighted by Gasteiger charge is 2.03. The van der Waals surface area contributed by atoms with Crippen LogP contribution < -0.4 is 0 Å². The molecule has 0 aliphatic heterocycles. The summed E-state index contributed by atoms with van der Waals surface area (Å²) in [6.45, 7) is 0. The van der Waals surface area contributed by atoms with E-state index >= 15 is 0 Å². The molecule has 0 aliphatic carbocycles. The zero-order valence-electron chi connectivity index (χ0n) is 9.11. The molecule has 0 spiro atoms. The number of ether oxygens (including phenoxy) is 1. The van der Waals surface area contributed by atoms with Crippen LogP contribution in [0.25, 0.3) is 6.08 Å². The molecule has 2 aromatic rings. The van der Waals surface area contributed by atoms with Crippen molar-refractivity contribution in [2.75, 3.05) is 0 Å². The van der Waals surface area contributed by atoms with Gasteiger partial charge in [-0.3, -0.25) is 4.98 Å². The second-order valence-corrected chi connectivity index (χ2v) is 3.35. The highest BCUT2D eigenvalue weighted by atomic mass is 16.5. The van der Waals surface area contributed by atoms with Crippen molar-refractivity contribution in [1.82, 2.24) is 4.98 Å². The molecule has 0 saturated carbocycles. The first-order chi connectivity index (χ1) is 8.36. The monoisotopic (exact) mass is 225 g/mol. The number of carbonyl (C=O) groups is 1. The average molecular weight is 225 g/mol. The van der Waals surface area contributed by atoms with Crippen LogP contribution in [0.5, 0.6) is 0 Å². The van der Waals surface area contributed by atoms with Gasteiger partial charge in [0.1, 0.15) is 0 Å². The second kappa shape index (κ2) is 5.61. The van der Waals surface area contributed by atoms with Crippen molar-refractivity contribution >= 4 is 12.0 Å². The van der Waals surface area contributed by atoms with Crippen molar-refractivity contribution in [2.45, 2.75) is 0 Å². The van der Waals surface area contributed by atoms with Gasteiger partial charge in [0.2, 0.25) is 0 Å². The minimum absolute atomic E-state index is 0.389. The topological polar surface area (TPSA) is 39.2 Å². The maximum Gasteiger partial charge on any atom is 0.343 e. The molecule has 0 radical (unpaired) electrons. The number of aromatic nitrogens is 1. The molecule has 0 bridgehead atoms. The van der Waals surface area contributed by atoms with Gasteiger partial charge >= 0.3 is 5.97 Å². The van der Waals surface area contributed by atoms with Gasteiger partial charge in [0.05, 0.1) is 11.8 Å². The molecule has 0 fully saturated rings. The molecule has 84 valence electrons. The highest BCUT2D eigenvalue weighted by Crippen LogP contribution is 2.03. The summed E-state index contributed by atoms with van der Waals surface area (Å²) in [5.74, 6) is -0.389. The Balaban J connectivity index is 1.95. The molecule has 0 N–H and O–H groups in total. The third-order valence-corrected chi connectivity index (χ3v) is 2.15. The lowest BCUT2D eigenvalue weighted by Gasteiger charge is -1.98. The number of pyridine rings is 1. The number of hydrogen-bond acceptors (Lipinski definition) is 3. The van der Waals surface area contributed by atoms with E-state index < -0.39 is 0 Å². The van der Waals surface area contributed by atoms with Crippen molar-refractivity contribution in [3.8, 4) is 0 Å². The van der Waals surface area contributed by atoms with E-state index in [1.54, 1.807) is 30.6 Å². The first-order valence-electron chi connectivity index (χ1n) is 5.19. The van der Waals surface area contributed by atoms with Gasteiger partial charge in [-0.05, 0) is 23.8 Å². The van der Waals surface area contributed by atoms with Gasteiger partial charge in [-0.1, -0.05) is 30.3 Å². The summed E-state index contributed by atoms with van der Waals surface area (Å²) in [5, 5.41) is 0. The summed E-state index contributed by atoms with van der Waals surface area (Å²) in [6.07, 6.45) is 6.23. The molecule has 1 aromatic heterocycles. The molecule has 1 aromatic carbocycles. The summed E-state index contributed by atoms with van der Waals surface area (Å²) in [6, 6.07) is 12.8. The maximum atomic E-state index is 11.5. The molecular weight excluding hydrogens is 214 g/mol. The molecule has 0 unspecified atom stereocenters. The van der Waals surface area contributed by atoms with E-state index in [0.29, 0.717) is 5.56 Å². The van der Waals surface area contributed by atoms with Gasteiger partial charge in [-0.25, -0.2) is 4.79 Å². The minimum atomic E-state index is -0.389. The Labute approximate surface area is 99.4 Å². The van der Waals surface area contributed by atoms with E-state index in [1.807, 2.05) is 30.3 Å².